The molecule has 1 heterocycles. The van der Waals surface area contributed by atoms with Gasteiger partial charge in [-0.05, 0) is 53.9 Å². The van der Waals surface area contributed by atoms with Gasteiger partial charge in [0.25, 0.3) is 10.0 Å². The number of halogens is 1. The molecule has 0 saturated carbocycles. The van der Waals surface area contributed by atoms with Crippen LogP contribution in [0, 0.1) is 0 Å². The molecule has 1 N–H and O–H groups in total. The molecule has 4 aromatic carbocycles. The Morgan fingerprint density at radius 1 is 0.851 bits per heavy atom. The van der Waals surface area contributed by atoms with Crippen molar-refractivity contribution in [2.24, 2.45) is 0 Å². The van der Waals surface area contributed by atoms with Gasteiger partial charge in [0.15, 0.2) is 11.5 Å². The number of carbonyl (C=O) groups excluding carboxylic acids is 2. The van der Waals surface area contributed by atoms with E-state index in [0.29, 0.717) is 31.3 Å². The van der Waals surface area contributed by atoms with Crippen molar-refractivity contribution in [1.29, 1.82) is 0 Å². The molecule has 0 saturated heterocycles. The van der Waals surface area contributed by atoms with Crippen LogP contribution >= 0.6 is 15.9 Å². The highest BCUT2D eigenvalue weighted by molar-refractivity contribution is 9.10. The third-order valence-electron chi connectivity index (χ3n) is 7.79. The van der Waals surface area contributed by atoms with Gasteiger partial charge in [-0.2, -0.15) is 0 Å². The highest BCUT2D eigenvalue weighted by atomic mass is 79.9. The molecule has 4 aromatic rings. The van der Waals surface area contributed by atoms with E-state index in [0.717, 1.165) is 32.7 Å². The average molecular weight is 721 g/mol. The number of rotatable bonds is 14. The smallest absolute Gasteiger partial charge is 0.264 e. The lowest BCUT2D eigenvalue weighted by Crippen LogP contribution is -2.53. The van der Waals surface area contributed by atoms with E-state index in [1.54, 1.807) is 36.4 Å². The molecule has 0 fully saturated rings. The third kappa shape index (κ3) is 8.72. The highest BCUT2D eigenvalue weighted by Crippen LogP contribution is 2.36. The Morgan fingerprint density at radius 2 is 1.51 bits per heavy atom. The average Bonchev–Trinajstić information content (AvgIpc) is 3.10. The molecule has 0 aromatic heterocycles. The molecule has 1 atom stereocenters. The number of amides is 2. The van der Waals surface area contributed by atoms with Crippen LogP contribution in [-0.2, 0) is 32.6 Å². The molecule has 1 aliphatic rings. The maximum atomic E-state index is 14.6. The fourth-order valence-corrected chi connectivity index (χ4v) is 6.97. The van der Waals surface area contributed by atoms with Gasteiger partial charge in [-0.1, -0.05) is 89.9 Å². The minimum Gasteiger partial charge on any atom is -0.486 e. The van der Waals surface area contributed by atoms with Crippen LogP contribution in [0.4, 0.5) is 5.69 Å². The van der Waals surface area contributed by atoms with Gasteiger partial charge in [0.05, 0.1) is 10.6 Å². The normalized spacial score (nSPS) is 13.0. The summed E-state index contributed by atoms with van der Waals surface area (Å²) in [6, 6.07) is 28.8. The van der Waals surface area contributed by atoms with E-state index in [4.69, 9.17) is 9.47 Å². The van der Waals surface area contributed by atoms with Crippen LogP contribution in [0.5, 0.6) is 11.5 Å². The standard InChI is InChI=1S/C36H38BrN3O6S/c1-2-3-20-38-36(42)32(23-27-10-6-4-7-11-27)39(25-28-14-16-29(37)17-15-28)35(41)26-40(47(43,44)31-12-8-5-9-13-31)30-18-19-33-34(24-30)46-22-21-45-33/h4-19,24,32H,2-3,20-23,25-26H2,1H3,(H,38,42)/t32-/m0/s1. The van der Waals surface area contributed by atoms with Crippen molar-refractivity contribution in [1.82, 2.24) is 10.2 Å². The molecule has 11 heteroatoms. The predicted molar refractivity (Wildman–Crippen MR) is 185 cm³/mol. The zero-order chi connectivity index (χ0) is 33.2. The number of anilines is 1. The minimum absolute atomic E-state index is 0.0280. The number of unbranched alkanes of at least 4 members (excludes halogenated alkanes) is 1. The molecule has 47 heavy (non-hydrogen) atoms. The first kappa shape index (κ1) is 34.0. The van der Waals surface area contributed by atoms with Gasteiger partial charge in [0.2, 0.25) is 11.8 Å². The van der Waals surface area contributed by atoms with Crippen LogP contribution in [0.25, 0.3) is 0 Å². The number of fused-ring (bicyclic) bond motifs is 1. The first-order valence-electron chi connectivity index (χ1n) is 15.6. The van der Waals surface area contributed by atoms with Crippen LogP contribution < -0.4 is 19.1 Å². The Labute approximate surface area is 284 Å². The van der Waals surface area contributed by atoms with Gasteiger partial charge in [0.1, 0.15) is 25.8 Å². The molecule has 9 nitrogen and oxygen atoms in total. The van der Waals surface area contributed by atoms with Gasteiger partial charge in [0, 0.05) is 30.0 Å². The summed E-state index contributed by atoms with van der Waals surface area (Å²) in [7, 11) is -4.23. The van der Waals surface area contributed by atoms with E-state index in [2.05, 4.69) is 21.2 Å². The number of nitrogens with zero attached hydrogens (tertiary/aromatic N) is 2. The van der Waals surface area contributed by atoms with Crippen molar-refractivity contribution in [3.8, 4) is 11.5 Å². The Bertz CT molecular complexity index is 1750. The number of hydrogen-bond acceptors (Lipinski definition) is 6. The van der Waals surface area contributed by atoms with E-state index >= 15 is 0 Å². The maximum absolute atomic E-state index is 14.6. The second kappa shape index (κ2) is 16.0. The molecule has 246 valence electrons. The molecule has 0 spiro atoms. The van der Waals surface area contributed by atoms with Crippen molar-refractivity contribution in [2.75, 3.05) is 30.6 Å². The lowest BCUT2D eigenvalue weighted by molar-refractivity contribution is -0.140. The summed E-state index contributed by atoms with van der Waals surface area (Å²) in [5, 5.41) is 3.01. The number of hydrogen-bond donors (Lipinski definition) is 1. The molecule has 0 bridgehead atoms. The van der Waals surface area contributed by atoms with E-state index in [9.17, 15) is 18.0 Å². The monoisotopic (exact) mass is 719 g/mol. The molecule has 0 radical (unpaired) electrons. The SMILES string of the molecule is CCCCNC(=O)[C@H](Cc1ccccc1)N(Cc1ccc(Br)cc1)C(=O)CN(c1ccc2c(c1)OCCO2)S(=O)(=O)c1ccccc1. The van der Waals surface area contributed by atoms with E-state index in [1.165, 1.54) is 17.0 Å². The Hall–Kier alpha value is -4.35. The van der Waals surface area contributed by atoms with Crippen molar-refractivity contribution < 1.29 is 27.5 Å². The van der Waals surface area contributed by atoms with Crippen LogP contribution in [0.3, 0.4) is 0 Å². The quantitative estimate of drug-likeness (QED) is 0.161. The first-order chi connectivity index (χ1) is 22.8. The van der Waals surface area contributed by atoms with Crippen molar-refractivity contribution in [3.05, 3.63) is 119 Å². The number of ether oxygens (including phenoxy) is 2. The van der Waals surface area contributed by atoms with E-state index in [-0.39, 0.29) is 29.5 Å². The lowest BCUT2D eigenvalue weighted by Gasteiger charge is -2.34. The van der Waals surface area contributed by atoms with Crippen LogP contribution in [0.2, 0.25) is 0 Å². The van der Waals surface area contributed by atoms with Crippen molar-refractivity contribution in [2.45, 2.75) is 43.7 Å². The second-order valence-electron chi connectivity index (χ2n) is 11.2. The zero-order valence-corrected chi connectivity index (χ0v) is 28.6. The van der Waals surface area contributed by atoms with Crippen LogP contribution in [0.1, 0.15) is 30.9 Å². The number of nitrogens with one attached hydrogen (secondary N) is 1. The molecule has 5 rings (SSSR count). The van der Waals surface area contributed by atoms with Gasteiger partial charge < -0.3 is 19.7 Å². The summed E-state index contributed by atoms with van der Waals surface area (Å²) in [5.74, 6) is 0.0452. The summed E-state index contributed by atoms with van der Waals surface area (Å²) in [5.41, 5.74) is 1.90. The molecular weight excluding hydrogens is 682 g/mol. The van der Waals surface area contributed by atoms with Gasteiger partial charge in [-0.25, -0.2) is 8.42 Å². The maximum Gasteiger partial charge on any atom is 0.264 e. The van der Waals surface area contributed by atoms with Crippen LogP contribution in [-0.4, -0.2) is 57.5 Å². The Morgan fingerprint density at radius 3 is 2.19 bits per heavy atom. The molecule has 1 aliphatic heterocycles. The molecule has 0 aliphatic carbocycles. The zero-order valence-electron chi connectivity index (χ0n) is 26.2. The Balaban J connectivity index is 1.56. The van der Waals surface area contributed by atoms with Crippen molar-refractivity contribution >= 4 is 43.5 Å². The van der Waals surface area contributed by atoms with E-state index < -0.39 is 28.5 Å². The number of benzene rings is 4. The topological polar surface area (TPSA) is 105 Å². The fourth-order valence-electron chi connectivity index (χ4n) is 5.28. The van der Waals surface area contributed by atoms with Gasteiger partial charge in [-0.15, -0.1) is 0 Å². The second-order valence-corrected chi connectivity index (χ2v) is 13.9. The summed E-state index contributed by atoms with van der Waals surface area (Å²) in [6.45, 7) is 2.73. The molecule has 2 amide bonds. The van der Waals surface area contributed by atoms with Gasteiger partial charge >= 0.3 is 0 Å². The predicted octanol–water partition coefficient (Wildman–Crippen LogP) is 5.97. The molecule has 0 unspecified atom stereocenters. The highest BCUT2D eigenvalue weighted by Gasteiger charge is 2.35. The largest absolute Gasteiger partial charge is 0.486 e. The van der Waals surface area contributed by atoms with Crippen molar-refractivity contribution in [3.63, 3.8) is 0 Å². The summed E-state index contributed by atoms with van der Waals surface area (Å²) in [4.78, 5) is 30.0. The summed E-state index contributed by atoms with van der Waals surface area (Å²) < 4.78 is 41.8. The summed E-state index contributed by atoms with van der Waals surface area (Å²) >= 11 is 3.46. The van der Waals surface area contributed by atoms with E-state index in [1.807, 2.05) is 61.5 Å². The fraction of sp³-hybridized carbons (Fsp3) is 0.278. The lowest BCUT2D eigenvalue weighted by atomic mass is 10.0. The number of carbonyl (C=O) groups is 2. The third-order valence-corrected chi connectivity index (χ3v) is 10.1. The number of sulfonamides is 1. The Kier molecular flexibility index (Phi) is 11.6. The van der Waals surface area contributed by atoms with Crippen LogP contribution in [0.15, 0.2) is 112 Å². The minimum atomic E-state index is -4.23. The summed E-state index contributed by atoms with van der Waals surface area (Å²) in [6.07, 6.45) is 1.93. The molecular formula is C36H38BrN3O6S. The van der Waals surface area contributed by atoms with Gasteiger partial charge in [-0.3, -0.25) is 13.9 Å². The first-order valence-corrected chi connectivity index (χ1v) is 17.8.